The summed E-state index contributed by atoms with van der Waals surface area (Å²) in [5, 5.41) is 3.45. The summed E-state index contributed by atoms with van der Waals surface area (Å²) in [4.78, 5) is 11.5. The molecule has 1 saturated carbocycles. The Morgan fingerprint density at radius 1 is 1.35 bits per heavy atom. The van der Waals surface area contributed by atoms with Crippen molar-refractivity contribution in [3.63, 3.8) is 0 Å². The van der Waals surface area contributed by atoms with Crippen molar-refractivity contribution in [1.82, 2.24) is 5.32 Å². The number of unbranched alkanes of at least 4 members (excludes halogenated alkanes) is 1. The number of hydrogen-bond acceptors (Lipinski definition) is 4. The minimum Gasteiger partial charge on any atom is -0.482 e. The molecule has 1 fully saturated rings. The van der Waals surface area contributed by atoms with Crippen LogP contribution >= 0.6 is 0 Å². The van der Waals surface area contributed by atoms with Crippen LogP contribution in [0.25, 0.3) is 0 Å². The first kappa shape index (κ1) is 14.9. The van der Waals surface area contributed by atoms with Crippen LogP contribution in [0, 0.1) is 0 Å². The van der Waals surface area contributed by atoms with Crippen LogP contribution in [0.3, 0.4) is 0 Å². The van der Waals surface area contributed by atoms with Gasteiger partial charge in [-0.1, -0.05) is 31.5 Å². The zero-order chi connectivity index (χ0) is 14.2. The van der Waals surface area contributed by atoms with E-state index in [4.69, 9.17) is 9.47 Å². The first-order chi connectivity index (χ1) is 9.79. The van der Waals surface area contributed by atoms with Gasteiger partial charge in [0.15, 0.2) is 6.61 Å². The summed E-state index contributed by atoms with van der Waals surface area (Å²) in [6.45, 7) is 3.30. The summed E-state index contributed by atoms with van der Waals surface area (Å²) in [6, 6.07) is 8.47. The van der Waals surface area contributed by atoms with Gasteiger partial charge in [0.1, 0.15) is 5.75 Å². The average Bonchev–Trinajstić information content (AvgIpc) is 3.28. The Bertz CT molecular complexity index is 429. The van der Waals surface area contributed by atoms with E-state index in [-0.39, 0.29) is 12.6 Å². The van der Waals surface area contributed by atoms with E-state index in [1.807, 2.05) is 24.3 Å². The van der Waals surface area contributed by atoms with E-state index in [9.17, 15) is 4.79 Å². The number of benzene rings is 1. The van der Waals surface area contributed by atoms with Gasteiger partial charge in [0.25, 0.3) is 0 Å². The molecule has 0 aromatic heterocycles. The van der Waals surface area contributed by atoms with Gasteiger partial charge in [-0.25, -0.2) is 4.79 Å². The highest BCUT2D eigenvalue weighted by Crippen LogP contribution is 2.22. The molecule has 1 aliphatic carbocycles. The fourth-order valence-corrected chi connectivity index (χ4v) is 1.84. The van der Waals surface area contributed by atoms with Crippen molar-refractivity contribution in [3.8, 4) is 5.75 Å². The highest BCUT2D eigenvalue weighted by Gasteiger charge is 2.20. The summed E-state index contributed by atoms with van der Waals surface area (Å²) in [7, 11) is 0. The highest BCUT2D eigenvalue weighted by molar-refractivity contribution is 5.71. The predicted octanol–water partition coefficient (Wildman–Crippen LogP) is 2.66. The molecule has 0 amide bonds. The summed E-state index contributed by atoms with van der Waals surface area (Å²) in [5.74, 6) is 0.455. The lowest BCUT2D eigenvalue weighted by molar-refractivity contribution is -0.146. The third kappa shape index (κ3) is 5.21. The number of nitrogens with one attached hydrogen (secondary N) is 1. The standard InChI is InChI=1S/C16H23NO3/c1-2-3-10-19-16(18)12-20-15-7-5-4-6-13(15)11-17-14-8-9-14/h4-7,14,17H,2-3,8-12H2,1H3. The second-order valence-corrected chi connectivity index (χ2v) is 5.13. The number of carbonyl (C=O) groups is 1. The van der Waals surface area contributed by atoms with Gasteiger partial charge < -0.3 is 14.8 Å². The molecule has 4 heteroatoms. The molecule has 0 bridgehead atoms. The van der Waals surface area contributed by atoms with E-state index in [0.29, 0.717) is 12.6 Å². The van der Waals surface area contributed by atoms with Gasteiger partial charge in [-0.2, -0.15) is 0 Å². The second kappa shape index (κ2) is 7.90. The van der Waals surface area contributed by atoms with Crippen LogP contribution in [-0.4, -0.2) is 25.2 Å². The number of hydrogen-bond donors (Lipinski definition) is 1. The molecule has 110 valence electrons. The summed E-state index contributed by atoms with van der Waals surface area (Å²) in [6.07, 6.45) is 4.43. The number of para-hydroxylation sites is 1. The van der Waals surface area contributed by atoms with E-state index in [0.717, 1.165) is 30.7 Å². The van der Waals surface area contributed by atoms with Gasteiger partial charge >= 0.3 is 5.97 Å². The Balaban J connectivity index is 1.77. The minimum absolute atomic E-state index is 0.0237. The molecule has 0 radical (unpaired) electrons. The molecule has 0 unspecified atom stereocenters. The maximum atomic E-state index is 11.5. The first-order valence-corrected chi connectivity index (χ1v) is 7.39. The van der Waals surface area contributed by atoms with E-state index in [1.54, 1.807) is 0 Å². The first-order valence-electron chi connectivity index (χ1n) is 7.39. The topological polar surface area (TPSA) is 47.6 Å². The van der Waals surface area contributed by atoms with Crippen LogP contribution in [-0.2, 0) is 16.1 Å². The van der Waals surface area contributed by atoms with Gasteiger partial charge in [-0.15, -0.1) is 0 Å². The van der Waals surface area contributed by atoms with Crippen LogP contribution in [0.15, 0.2) is 24.3 Å². The molecular weight excluding hydrogens is 254 g/mol. The molecule has 0 aliphatic heterocycles. The third-order valence-electron chi connectivity index (χ3n) is 3.24. The Labute approximate surface area is 120 Å². The van der Waals surface area contributed by atoms with Crippen molar-refractivity contribution >= 4 is 5.97 Å². The lowest BCUT2D eigenvalue weighted by atomic mass is 10.2. The number of ether oxygens (including phenoxy) is 2. The van der Waals surface area contributed by atoms with Gasteiger partial charge in [0, 0.05) is 18.2 Å². The largest absolute Gasteiger partial charge is 0.482 e. The molecule has 0 atom stereocenters. The molecule has 1 aromatic carbocycles. The highest BCUT2D eigenvalue weighted by atomic mass is 16.6. The van der Waals surface area contributed by atoms with Crippen LogP contribution in [0.2, 0.25) is 0 Å². The van der Waals surface area contributed by atoms with Crippen molar-refractivity contribution in [1.29, 1.82) is 0 Å². The molecular formula is C16H23NO3. The normalized spacial score (nSPS) is 14.1. The summed E-state index contributed by atoms with van der Waals surface area (Å²) >= 11 is 0. The van der Waals surface area contributed by atoms with Gasteiger partial charge in [-0.3, -0.25) is 0 Å². The van der Waals surface area contributed by atoms with Gasteiger partial charge in [0.2, 0.25) is 0 Å². The summed E-state index contributed by atoms with van der Waals surface area (Å²) < 4.78 is 10.6. The van der Waals surface area contributed by atoms with E-state index >= 15 is 0 Å². The van der Waals surface area contributed by atoms with Crippen LogP contribution in [0.4, 0.5) is 0 Å². The summed E-state index contributed by atoms with van der Waals surface area (Å²) in [5.41, 5.74) is 1.08. The monoisotopic (exact) mass is 277 g/mol. The van der Waals surface area contributed by atoms with Crippen molar-refractivity contribution in [2.24, 2.45) is 0 Å². The maximum Gasteiger partial charge on any atom is 0.344 e. The lowest BCUT2D eigenvalue weighted by Crippen LogP contribution is -2.18. The molecule has 4 nitrogen and oxygen atoms in total. The Morgan fingerprint density at radius 2 is 2.15 bits per heavy atom. The zero-order valence-electron chi connectivity index (χ0n) is 12.1. The average molecular weight is 277 g/mol. The van der Waals surface area contributed by atoms with Gasteiger partial charge in [-0.05, 0) is 25.3 Å². The zero-order valence-corrected chi connectivity index (χ0v) is 12.1. The Hall–Kier alpha value is -1.55. The van der Waals surface area contributed by atoms with E-state index < -0.39 is 0 Å². The molecule has 0 saturated heterocycles. The Kier molecular flexibility index (Phi) is 5.87. The smallest absolute Gasteiger partial charge is 0.344 e. The van der Waals surface area contributed by atoms with Gasteiger partial charge in [0.05, 0.1) is 6.61 Å². The molecule has 20 heavy (non-hydrogen) atoms. The molecule has 2 rings (SSSR count). The molecule has 0 spiro atoms. The molecule has 1 N–H and O–H groups in total. The third-order valence-corrected chi connectivity index (χ3v) is 3.24. The van der Waals surface area contributed by atoms with E-state index in [2.05, 4.69) is 12.2 Å². The van der Waals surface area contributed by atoms with Crippen molar-refractivity contribution < 1.29 is 14.3 Å². The second-order valence-electron chi connectivity index (χ2n) is 5.13. The SMILES string of the molecule is CCCCOC(=O)COc1ccccc1CNC1CC1. The lowest BCUT2D eigenvalue weighted by Gasteiger charge is -2.11. The molecule has 1 aromatic rings. The minimum atomic E-state index is -0.302. The van der Waals surface area contributed by atoms with E-state index in [1.165, 1.54) is 12.8 Å². The predicted molar refractivity (Wildman–Crippen MR) is 77.7 cm³/mol. The molecule has 1 aliphatic rings. The fraction of sp³-hybridized carbons (Fsp3) is 0.562. The van der Waals surface area contributed by atoms with Crippen molar-refractivity contribution in [3.05, 3.63) is 29.8 Å². The van der Waals surface area contributed by atoms with Crippen LogP contribution < -0.4 is 10.1 Å². The Morgan fingerprint density at radius 3 is 2.90 bits per heavy atom. The molecule has 0 heterocycles. The number of carbonyl (C=O) groups excluding carboxylic acids is 1. The van der Waals surface area contributed by atoms with Crippen molar-refractivity contribution in [2.75, 3.05) is 13.2 Å². The van der Waals surface area contributed by atoms with Crippen LogP contribution in [0.1, 0.15) is 38.2 Å². The van der Waals surface area contributed by atoms with Crippen molar-refractivity contribution in [2.45, 2.75) is 45.2 Å². The number of rotatable bonds is 9. The van der Waals surface area contributed by atoms with Crippen LogP contribution in [0.5, 0.6) is 5.75 Å². The maximum absolute atomic E-state index is 11.5. The quantitative estimate of drug-likeness (QED) is 0.557. The number of esters is 1. The fourth-order valence-electron chi connectivity index (χ4n) is 1.84.